The van der Waals surface area contributed by atoms with Crippen LogP contribution in [0.15, 0.2) is 24.4 Å². The lowest BCUT2D eigenvalue weighted by Gasteiger charge is -2.10. The highest BCUT2D eigenvalue weighted by Gasteiger charge is 2.06. The smallest absolute Gasteiger partial charge is 0.145 e. The first kappa shape index (κ1) is 14.1. The summed E-state index contributed by atoms with van der Waals surface area (Å²) in [5.74, 6) is 0.400. The van der Waals surface area contributed by atoms with E-state index in [0.29, 0.717) is 33.5 Å². The number of pyridine rings is 1. The number of aromatic nitrogens is 1. The minimum atomic E-state index is -0.161. The maximum absolute atomic E-state index is 13.5. The quantitative estimate of drug-likeness (QED) is 0.884. The van der Waals surface area contributed by atoms with Crippen LogP contribution in [-0.4, -0.2) is 4.98 Å². The molecule has 19 heavy (non-hydrogen) atoms. The summed E-state index contributed by atoms with van der Waals surface area (Å²) in [6.45, 7) is 4.02. The van der Waals surface area contributed by atoms with Crippen molar-refractivity contribution in [1.82, 2.24) is 4.98 Å². The maximum Gasteiger partial charge on any atom is 0.145 e. The zero-order valence-electron chi connectivity index (χ0n) is 10.6. The zero-order valence-corrected chi connectivity index (χ0v) is 12.1. The van der Waals surface area contributed by atoms with Gasteiger partial charge in [0.25, 0.3) is 0 Å². The first-order valence-corrected chi connectivity index (χ1v) is 6.53. The van der Waals surface area contributed by atoms with Crippen LogP contribution in [0.3, 0.4) is 0 Å². The van der Waals surface area contributed by atoms with Gasteiger partial charge in [0.15, 0.2) is 0 Å². The van der Waals surface area contributed by atoms with Crippen molar-refractivity contribution in [3.05, 3.63) is 56.9 Å². The lowest BCUT2D eigenvalue weighted by molar-refractivity contribution is 0.608. The molecule has 0 atom stereocenters. The first-order valence-electron chi connectivity index (χ1n) is 5.78. The highest BCUT2D eigenvalue weighted by atomic mass is 35.5. The molecular formula is C14H13Cl2FN2. The Morgan fingerprint density at radius 2 is 1.79 bits per heavy atom. The topological polar surface area (TPSA) is 24.9 Å². The number of hydrogen-bond donors (Lipinski definition) is 1. The van der Waals surface area contributed by atoms with Crippen LogP contribution in [-0.2, 0) is 6.54 Å². The fourth-order valence-corrected chi connectivity index (χ4v) is 2.31. The summed E-state index contributed by atoms with van der Waals surface area (Å²) in [5.41, 5.74) is 2.24. The summed E-state index contributed by atoms with van der Waals surface area (Å²) >= 11 is 11.8. The average molecular weight is 299 g/mol. The fraction of sp³-hybridized carbons (Fsp3) is 0.214. The first-order chi connectivity index (χ1) is 8.97. The average Bonchev–Trinajstić information content (AvgIpc) is 2.34. The zero-order chi connectivity index (χ0) is 14.0. The van der Waals surface area contributed by atoms with Gasteiger partial charge in [0.2, 0.25) is 0 Å². The van der Waals surface area contributed by atoms with Crippen molar-refractivity contribution in [2.45, 2.75) is 20.4 Å². The molecule has 5 heteroatoms. The molecule has 1 heterocycles. The minimum absolute atomic E-state index is 0.161. The lowest BCUT2D eigenvalue weighted by Crippen LogP contribution is -2.03. The molecule has 0 spiro atoms. The number of benzene rings is 1. The highest BCUT2D eigenvalue weighted by molar-refractivity contribution is 6.35. The van der Waals surface area contributed by atoms with Crippen LogP contribution in [0.1, 0.15) is 16.7 Å². The van der Waals surface area contributed by atoms with E-state index >= 15 is 0 Å². The van der Waals surface area contributed by atoms with Crippen molar-refractivity contribution in [3.63, 3.8) is 0 Å². The maximum atomic E-state index is 13.5. The van der Waals surface area contributed by atoms with Gasteiger partial charge in [-0.05, 0) is 36.6 Å². The SMILES string of the molecule is Cc1cc(CNc2ncc(Cl)cc2Cl)cc(C)c1F. The number of nitrogens with one attached hydrogen (secondary N) is 1. The third kappa shape index (κ3) is 3.37. The fourth-order valence-electron chi connectivity index (χ4n) is 1.87. The van der Waals surface area contributed by atoms with E-state index in [1.807, 2.05) is 0 Å². The summed E-state index contributed by atoms with van der Waals surface area (Å²) in [7, 11) is 0. The van der Waals surface area contributed by atoms with Crippen molar-refractivity contribution >= 4 is 29.0 Å². The third-order valence-corrected chi connectivity index (χ3v) is 3.26. The second kappa shape index (κ2) is 5.76. The predicted molar refractivity (Wildman–Crippen MR) is 77.5 cm³/mol. The predicted octanol–water partition coefficient (Wildman–Crippen LogP) is 4.76. The van der Waals surface area contributed by atoms with E-state index in [-0.39, 0.29) is 5.82 Å². The van der Waals surface area contributed by atoms with Gasteiger partial charge in [-0.3, -0.25) is 0 Å². The van der Waals surface area contributed by atoms with Crippen molar-refractivity contribution in [3.8, 4) is 0 Å². The summed E-state index contributed by atoms with van der Waals surface area (Å²) in [6.07, 6.45) is 1.52. The Morgan fingerprint density at radius 3 is 2.37 bits per heavy atom. The van der Waals surface area contributed by atoms with E-state index < -0.39 is 0 Å². The number of halogens is 3. The highest BCUT2D eigenvalue weighted by Crippen LogP contribution is 2.23. The third-order valence-electron chi connectivity index (χ3n) is 2.76. The molecule has 0 radical (unpaired) electrons. The van der Waals surface area contributed by atoms with E-state index in [1.165, 1.54) is 6.20 Å². The molecule has 0 saturated carbocycles. The van der Waals surface area contributed by atoms with E-state index in [4.69, 9.17) is 23.2 Å². The Kier molecular flexibility index (Phi) is 4.27. The van der Waals surface area contributed by atoms with Gasteiger partial charge in [-0.2, -0.15) is 0 Å². The van der Waals surface area contributed by atoms with Crippen molar-refractivity contribution in [2.75, 3.05) is 5.32 Å². The molecule has 0 aliphatic carbocycles. The van der Waals surface area contributed by atoms with Crippen LogP contribution in [0, 0.1) is 19.7 Å². The van der Waals surface area contributed by atoms with E-state index in [9.17, 15) is 4.39 Å². The van der Waals surface area contributed by atoms with Crippen LogP contribution >= 0.6 is 23.2 Å². The Labute approximate surface area is 121 Å². The lowest BCUT2D eigenvalue weighted by atomic mass is 10.1. The molecule has 0 amide bonds. The number of aryl methyl sites for hydroxylation is 2. The molecule has 2 aromatic rings. The molecule has 2 nitrogen and oxygen atoms in total. The van der Waals surface area contributed by atoms with Gasteiger partial charge < -0.3 is 5.32 Å². The van der Waals surface area contributed by atoms with Crippen molar-refractivity contribution in [1.29, 1.82) is 0 Å². The molecule has 0 aliphatic rings. The molecule has 1 N–H and O–H groups in total. The van der Waals surface area contributed by atoms with Gasteiger partial charge in [-0.15, -0.1) is 0 Å². The molecule has 0 fully saturated rings. The molecule has 1 aromatic carbocycles. The molecule has 0 saturated heterocycles. The van der Waals surface area contributed by atoms with Gasteiger partial charge >= 0.3 is 0 Å². The van der Waals surface area contributed by atoms with Gasteiger partial charge in [0, 0.05) is 12.7 Å². The largest absolute Gasteiger partial charge is 0.365 e. The second-order valence-corrected chi connectivity index (χ2v) is 5.22. The molecular weight excluding hydrogens is 286 g/mol. The molecule has 0 bridgehead atoms. The normalized spacial score (nSPS) is 10.6. The molecule has 0 unspecified atom stereocenters. The Hall–Kier alpha value is -1.32. The van der Waals surface area contributed by atoms with Crippen LogP contribution in [0.2, 0.25) is 10.0 Å². The van der Waals surface area contributed by atoms with Crippen molar-refractivity contribution < 1.29 is 4.39 Å². The van der Waals surface area contributed by atoms with Crippen LogP contribution in [0.4, 0.5) is 10.2 Å². The van der Waals surface area contributed by atoms with Gasteiger partial charge in [0.1, 0.15) is 11.6 Å². The van der Waals surface area contributed by atoms with Gasteiger partial charge in [-0.25, -0.2) is 9.37 Å². The number of nitrogens with zero attached hydrogens (tertiary/aromatic N) is 1. The molecule has 1 aromatic heterocycles. The minimum Gasteiger partial charge on any atom is -0.365 e. The standard InChI is InChI=1S/C14H13Cl2FN2/c1-8-3-10(4-9(2)13(8)17)6-18-14-12(16)5-11(15)7-19-14/h3-5,7H,6H2,1-2H3,(H,18,19). The summed E-state index contributed by atoms with van der Waals surface area (Å²) in [5, 5.41) is 4.06. The number of hydrogen-bond acceptors (Lipinski definition) is 2. The Balaban J connectivity index is 2.14. The van der Waals surface area contributed by atoms with E-state index in [1.54, 1.807) is 32.0 Å². The summed E-state index contributed by atoms with van der Waals surface area (Å²) in [6, 6.07) is 5.23. The number of rotatable bonds is 3. The van der Waals surface area contributed by atoms with E-state index in [0.717, 1.165) is 5.56 Å². The Morgan fingerprint density at radius 1 is 1.16 bits per heavy atom. The van der Waals surface area contributed by atoms with Crippen molar-refractivity contribution in [2.24, 2.45) is 0 Å². The Bertz CT molecular complexity index is 591. The molecule has 0 aliphatic heterocycles. The molecule has 100 valence electrons. The second-order valence-electron chi connectivity index (χ2n) is 4.38. The monoisotopic (exact) mass is 298 g/mol. The van der Waals surface area contributed by atoms with Crippen LogP contribution in [0.25, 0.3) is 0 Å². The van der Waals surface area contributed by atoms with Gasteiger partial charge in [-0.1, -0.05) is 35.3 Å². The number of anilines is 1. The van der Waals surface area contributed by atoms with E-state index in [2.05, 4.69) is 10.3 Å². The molecule has 2 rings (SSSR count). The summed E-state index contributed by atoms with van der Waals surface area (Å²) in [4.78, 5) is 4.11. The van der Waals surface area contributed by atoms with Crippen LogP contribution in [0.5, 0.6) is 0 Å². The van der Waals surface area contributed by atoms with Crippen LogP contribution < -0.4 is 5.32 Å². The summed E-state index contributed by atoms with van der Waals surface area (Å²) < 4.78 is 13.5. The van der Waals surface area contributed by atoms with Gasteiger partial charge in [0.05, 0.1) is 10.0 Å².